The summed E-state index contributed by atoms with van der Waals surface area (Å²) in [6.07, 6.45) is 0. The molecule has 0 aliphatic heterocycles. The molecular formula is C17H19BrO2. The first-order valence-electron chi connectivity index (χ1n) is 6.73. The van der Waals surface area contributed by atoms with E-state index < -0.39 is 0 Å². The summed E-state index contributed by atoms with van der Waals surface area (Å²) in [5.41, 5.74) is 3.58. The van der Waals surface area contributed by atoms with E-state index in [1.54, 1.807) is 0 Å². The van der Waals surface area contributed by atoms with E-state index in [-0.39, 0.29) is 0 Å². The minimum atomic E-state index is 0.551. The Kier molecular flexibility index (Phi) is 5.48. The second-order valence-corrected chi connectivity index (χ2v) is 5.19. The smallest absolute Gasteiger partial charge is 0.161 e. The molecule has 0 saturated carbocycles. The summed E-state index contributed by atoms with van der Waals surface area (Å²) in [5, 5.41) is 0.811. The summed E-state index contributed by atoms with van der Waals surface area (Å²) in [6.45, 7) is 5.24. The molecule has 0 spiro atoms. The van der Waals surface area contributed by atoms with Crippen LogP contribution in [-0.4, -0.2) is 6.61 Å². The van der Waals surface area contributed by atoms with Crippen LogP contribution in [0.25, 0.3) is 0 Å². The maximum absolute atomic E-state index is 5.89. The number of rotatable bonds is 6. The minimum absolute atomic E-state index is 0.551. The van der Waals surface area contributed by atoms with Crippen LogP contribution in [0.5, 0.6) is 11.5 Å². The number of ether oxygens (including phenoxy) is 2. The standard InChI is InChI=1S/C17H19BrO2/c1-3-19-17-10-14(11-18)7-8-16(17)20-12-15-6-4-5-13(2)9-15/h4-10H,3,11-12H2,1-2H3. The summed E-state index contributed by atoms with van der Waals surface area (Å²) in [7, 11) is 0. The van der Waals surface area contributed by atoms with Gasteiger partial charge in [-0.25, -0.2) is 0 Å². The Hall–Kier alpha value is -1.48. The molecule has 0 unspecified atom stereocenters. The van der Waals surface area contributed by atoms with Crippen molar-refractivity contribution in [3.8, 4) is 11.5 Å². The van der Waals surface area contributed by atoms with Crippen molar-refractivity contribution in [3.05, 3.63) is 59.2 Å². The molecule has 106 valence electrons. The van der Waals surface area contributed by atoms with Gasteiger partial charge in [0.2, 0.25) is 0 Å². The molecule has 2 aromatic rings. The molecule has 2 nitrogen and oxygen atoms in total. The number of hydrogen-bond donors (Lipinski definition) is 0. The monoisotopic (exact) mass is 334 g/mol. The van der Waals surface area contributed by atoms with Crippen molar-refractivity contribution in [1.29, 1.82) is 0 Å². The van der Waals surface area contributed by atoms with Crippen molar-refractivity contribution < 1.29 is 9.47 Å². The van der Waals surface area contributed by atoms with E-state index in [4.69, 9.17) is 9.47 Å². The lowest BCUT2D eigenvalue weighted by Gasteiger charge is -2.13. The first kappa shape index (κ1) is 14.9. The van der Waals surface area contributed by atoms with Crippen molar-refractivity contribution in [2.45, 2.75) is 25.8 Å². The van der Waals surface area contributed by atoms with Crippen molar-refractivity contribution in [3.63, 3.8) is 0 Å². The Morgan fingerprint density at radius 3 is 2.50 bits per heavy atom. The Balaban J connectivity index is 2.12. The lowest BCUT2D eigenvalue weighted by Crippen LogP contribution is -2.00. The number of halogens is 1. The van der Waals surface area contributed by atoms with Gasteiger partial charge in [0.1, 0.15) is 6.61 Å². The van der Waals surface area contributed by atoms with Crippen LogP contribution in [0.2, 0.25) is 0 Å². The van der Waals surface area contributed by atoms with Crippen molar-refractivity contribution in [2.75, 3.05) is 6.61 Å². The Morgan fingerprint density at radius 1 is 0.950 bits per heavy atom. The molecule has 0 aromatic heterocycles. The number of alkyl halides is 1. The number of benzene rings is 2. The molecule has 0 aliphatic rings. The first-order chi connectivity index (χ1) is 9.72. The minimum Gasteiger partial charge on any atom is -0.490 e. The summed E-state index contributed by atoms with van der Waals surface area (Å²) < 4.78 is 11.5. The molecule has 2 rings (SSSR count). The van der Waals surface area contributed by atoms with Gasteiger partial charge in [0.15, 0.2) is 11.5 Å². The summed E-state index contributed by atoms with van der Waals surface area (Å²) >= 11 is 3.45. The van der Waals surface area contributed by atoms with E-state index in [0.717, 1.165) is 22.4 Å². The summed E-state index contributed by atoms with van der Waals surface area (Å²) in [4.78, 5) is 0. The van der Waals surface area contributed by atoms with Crippen LogP contribution in [0.1, 0.15) is 23.6 Å². The van der Waals surface area contributed by atoms with Gasteiger partial charge in [-0.2, -0.15) is 0 Å². The summed E-state index contributed by atoms with van der Waals surface area (Å²) in [5.74, 6) is 1.59. The highest BCUT2D eigenvalue weighted by Gasteiger charge is 2.06. The maximum atomic E-state index is 5.89. The van der Waals surface area contributed by atoms with Crippen LogP contribution in [0.3, 0.4) is 0 Å². The number of aryl methyl sites for hydroxylation is 1. The van der Waals surface area contributed by atoms with Gasteiger partial charge < -0.3 is 9.47 Å². The van der Waals surface area contributed by atoms with Crippen LogP contribution < -0.4 is 9.47 Å². The van der Waals surface area contributed by atoms with Crippen LogP contribution in [0.15, 0.2) is 42.5 Å². The van der Waals surface area contributed by atoms with Gasteiger partial charge in [0.05, 0.1) is 6.61 Å². The molecule has 2 aromatic carbocycles. The average molecular weight is 335 g/mol. The van der Waals surface area contributed by atoms with Gasteiger partial charge in [-0.1, -0.05) is 51.8 Å². The van der Waals surface area contributed by atoms with Crippen LogP contribution >= 0.6 is 15.9 Å². The Labute approximate surface area is 128 Å². The van der Waals surface area contributed by atoms with E-state index in [0.29, 0.717) is 13.2 Å². The van der Waals surface area contributed by atoms with Crippen LogP contribution in [-0.2, 0) is 11.9 Å². The molecule has 0 heterocycles. The summed E-state index contributed by atoms with van der Waals surface area (Å²) in [6, 6.07) is 14.4. The third-order valence-corrected chi connectivity index (χ3v) is 3.59. The van der Waals surface area contributed by atoms with Crippen molar-refractivity contribution in [1.82, 2.24) is 0 Å². The fraction of sp³-hybridized carbons (Fsp3) is 0.294. The van der Waals surface area contributed by atoms with Gasteiger partial charge >= 0.3 is 0 Å². The van der Waals surface area contributed by atoms with Crippen molar-refractivity contribution in [2.24, 2.45) is 0 Å². The molecule has 3 heteroatoms. The van der Waals surface area contributed by atoms with E-state index >= 15 is 0 Å². The van der Waals surface area contributed by atoms with Gasteiger partial charge in [-0.3, -0.25) is 0 Å². The molecule has 0 radical (unpaired) electrons. The zero-order valence-electron chi connectivity index (χ0n) is 11.9. The molecule has 0 bridgehead atoms. The predicted octanol–water partition coefficient (Wildman–Crippen LogP) is 4.87. The zero-order valence-corrected chi connectivity index (χ0v) is 13.4. The highest BCUT2D eigenvalue weighted by atomic mass is 79.9. The second-order valence-electron chi connectivity index (χ2n) is 4.63. The van der Waals surface area contributed by atoms with Crippen LogP contribution in [0.4, 0.5) is 0 Å². The predicted molar refractivity (Wildman–Crippen MR) is 85.8 cm³/mol. The van der Waals surface area contributed by atoms with E-state index in [1.165, 1.54) is 11.1 Å². The van der Waals surface area contributed by atoms with Gasteiger partial charge in [0.25, 0.3) is 0 Å². The SMILES string of the molecule is CCOc1cc(CBr)ccc1OCc1cccc(C)c1. The van der Waals surface area contributed by atoms with Gasteiger partial charge in [-0.05, 0) is 37.1 Å². The molecule has 0 atom stereocenters. The van der Waals surface area contributed by atoms with E-state index in [2.05, 4.69) is 41.1 Å². The number of hydrogen-bond acceptors (Lipinski definition) is 2. The topological polar surface area (TPSA) is 18.5 Å². The highest BCUT2D eigenvalue weighted by molar-refractivity contribution is 9.08. The normalized spacial score (nSPS) is 10.3. The van der Waals surface area contributed by atoms with Crippen molar-refractivity contribution >= 4 is 15.9 Å². The molecular weight excluding hydrogens is 316 g/mol. The molecule has 0 fully saturated rings. The zero-order chi connectivity index (χ0) is 14.4. The largest absolute Gasteiger partial charge is 0.490 e. The third kappa shape index (κ3) is 4.01. The Morgan fingerprint density at radius 2 is 1.80 bits per heavy atom. The first-order valence-corrected chi connectivity index (χ1v) is 7.85. The average Bonchev–Trinajstić information content (AvgIpc) is 2.46. The molecule has 0 N–H and O–H groups in total. The maximum Gasteiger partial charge on any atom is 0.161 e. The fourth-order valence-electron chi connectivity index (χ4n) is 1.99. The highest BCUT2D eigenvalue weighted by Crippen LogP contribution is 2.30. The van der Waals surface area contributed by atoms with E-state index in [1.807, 2.05) is 31.2 Å². The van der Waals surface area contributed by atoms with Gasteiger partial charge in [-0.15, -0.1) is 0 Å². The molecule has 0 amide bonds. The molecule has 0 saturated heterocycles. The molecule has 20 heavy (non-hydrogen) atoms. The third-order valence-electron chi connectivity index (χ3n) is 2.94. The van der Waals surface area contributed by atoms with Gasteiger partial charge in [0, 0.05) is 5.33 Å². The lowest BCUT2D eigenvalue weighted by atomic mass is 10.1. The lowest BCUT2D eigenvalue weighted by molar-refractivity contribution is 0.269. The quantitative estimate of drug-likeness (QED) is 0.702. The second kappa shape index (κ2) is 7.34. The van der Waals surface area contributed by atoms with Crippen LogP contribution in [0, 0.1) is 6.92 Å². The Bertz CT molecular complexity index is 567. The molecule has 0 aliphatic carbocycles. The van der Waals surface area contributed by atoms with E-state index in [9.17, 15) is 0 Å². The fourth-order valence-corrected chi connectivity index (χ4v) is 2.33.